The van der Waals surface area contributed by atoms with Gasteiger partial charge in [-0.3, -0.25) is 9.52 Å². The number of hydrogen-bond donors (Lipinski definition) is 1. The lowest BCUT2D eigenvalue weighted by Crippen LogP contribution is -2.17. The first-order valence-corrected chi connectivity index (χ1v) is 6.47. The smallest absolute Gasteiger partial charge is 0.266 e. The molecule has 19 heavy (non-hydrogen) atoms. The third-order valence-electron chi connectivity index (χ3n) is 2.65. The molecule has 0 aliphatic rings. The summed E-state index contributed by atoms with van der Waals surface area (Å²) in [6.07, 6.45) is 0. The highest BCUT2D eigenvalue weighted by Crippen LogP contribution is 2.20. The van der Waals surface area contributed by atoms with Gasteiger partial charge in [-0.25, -0.2) is 4.39 Å². The average molecular weight is 280 g/mol. The number of benzene rings is 1. The molecule has 0 spiro atoms. The third kappa shape index (κ3) is 2.96. The number of hydrogen-bond acceptors (Lipinski definition) is 4. The van der Waals surface area contributed by atoms with Crippen molar-refractivity contribution in [3.05, 3.63) is 46.6 Å². The molecule has 1 N–H and O–H groups in total. The minimum atomic E-state index is -0.275. The lowest BCUT2D eigenvalue weighted by atomic mass is 10.2. The number of halogens is 1. The van der Waals surface area contributed by atoms with Gasteiger partial charge in [0.15, 0.2) is 0 Å². The molecule has 4 nitrogen and oxygen atoms in total. The number of nitrogens with zero attached hydrogens (tertiary/aromatic N) is 1. The van der Waals surface area contributed by atoms with Crippen LogP contribution in [0.3, 0.4) is 0 Å². The minimum absolute atomic E-state index is 0.263. The molecule has 6 heteroatoms. The first-order valence-electron chi connectivity index (χ1n) is 5.65. The second kappa shape index (κ2) is 5.44. The number of aryl methyl sites for hydroxylation is 3. The lowest BCUT2D eigenvalue weighted by molar-refractivity contribution is 0.0982. The Balaban J connectivity index is 2.06. The summed E-state index contributed by atoms with van der Waals surface area (Å²) in [5.74, 6) is -0.0597. The molecule has 0 saturated carbocycles. The van der Waals surface area contributed by atoms with E-state index >= 15 is 0 Å². The Morgan fingerprint density at radius 1 is 1.37 bits per heavy atom. The molecule has 0 aliphatic heterocycles. The van der Waals surface area contributed by atoms with Crippen LogP contribution >= 0.6 is 11.9 Å². The van der Waals surface area contributed by atoms with Gasteiger partial charge in [-0.05, 0) is 56.5 Å². The van der Waals surface area contributed by atoms with Crippen LogP contribution in [0.5, 0.6) is 0 Å². The van der Waals surface area contributed by atoms with Gasteiger partial charge >= 0.3 is 0 Å². The van der Waals surface area contributed by atoms with E-state index in [1.165, 1.54) is 6.07 Å². The van der Waals surface area contributed by atoms with Gasteiger partial charge in [-0.1, -0.05) is 5.16 Å². The Bertz CT molecular complexity index is 606. The molecule has 0 unspecified atom stereocenters. The monoisotopic (exact) mass is 280 g/mol. The van der Waals surface area contributed by atoms with Crippen LogP contribution in [0.15, 0.2) is 27.6 Å². The van der Waals surface area contributed by atoms with Crippen LogP contribution < -0.4 is 4.72 Å². The fraction of sp³-hybridized carbons (Fsp3) is 0.231. The van der Waals surface area contributed by atoms with Gasteiger partial charge in [0.1, 0.15) is 17.1 Å². The summed E-state index contributed by atoms with van der Waals surface area (Å²) in [6, 6.07) is 4.66. The van der Waals surface area contributed by atoms with E-state index in [0.717, 1.165) is 16.8 Å². The quantitative estimate of drug-likeness (QED) is 0.877. The van der Waals surface area contributed by atoms with E-state index in [4.69, 9.17) is 4.52 Å². The Hall–Kier alpha value is -1.82. The van der Waals surface area contributed by atoms with Crippen molar-refractivity contribution in [2.24, 2.45) is 0 Å². The van der Waals surface area contributed by atoms with E-state index in [-0.39, 0.29) is 11.7 Å². The van der Waals surface area contributed by atoms with E-state index in [9.17, 15) is 9.18 Å². The first kappa shape index (κ1) is 13.6. The topological polar surface area (TPSA) is 55.1 Å². The highest BCUT2D eigenvalue weighted by molar-refractivity contribution is 7.98. The van der Waals surface area contributed by atoms with E-state index in [1.54, 1.807) is 32.9 Å². The van der Waals surface area contributed by atoms with Gasteiger partial charge in [0.25, 0.3) is 5.91 Å². The standard InChI is InChI=1S/C13H13FN2O2S/c1-7-6-10(4-5-11(7)14)19-16-13(17)12-8(2)15-18-9(12)3/h4-6H,1-3H3,(H,16,17). The van der Waals surface area contributed by atoms with Crippen LogP contribution in [0.25, 0.3) is 0 Å². The fourth-order valence-corrected chi connectivity index (χ4v) is 2.33. The van der Waals surface area contributed by atoms with Crippen molar-refractivity contribution in [3.8, 4) is 0 Å². The fourth-order valence-electron chi connectivity index (χ4n) is 1.64. The number of rotatable bonds is 3. The van der Waals surface area contributed by atoms with Gasteiger partial charge in [0.2, 0.25) is 0 Å². The van der Waals surface area contributed by atoms with Crippen molar-refractivity contribution >= 4 is 17.9 Å². The van der Waals surface area contributed by atoms with Crippen LogP contribution in [0, 0.1) is 26.6 Å². The molecule has 0 saturated heterocycles. The molecule has 1 aromatic heterocycles. The summed E-state index contributed by atoms with van der Waals surface area (Å²) in [5.41, 5.74) is 1.52. The summed E-state index contributed by atoms with van der Waals surface area (Å²) in [4.78, 5) is 12.7. The largest absolute Gasteiger partial charge is 0.361 e. The second-order valence-electron chi connectivity index (χ2n) is 4.14. The van der Waals surface area contributed by atoms with E-state index < -0.39 is 0 Å². The van der Waals surface area contributed by atoms with Gasteiger partial charge < -0.3 is 4.52 Å². The van der Waals surface area contributed by atoms with Gasteiger partial charge in [-0.2, -0.15) is 0 Å². The SMILES string of the molecule is Cc1cc(SNC(=O)c2c(C)noc2C)ccc1F. The van der Waals surface area contributed by atoms with Crippen LogP contribution in [-0.4, -0.2) is 11.1 Å². The van der Waals surface area contributed by atoms with Crippen molar-refractivity contribution < 1.29 is 13.7 Å². The molecule has 0 aliphatic carbocycles. The van der Waals surface area contributed by atoms with E-state index in [2.05, 4.69) is 9.88 Å². The molecule has 0 fully saturated rings. The number of carbonyl (C=O) groups is 1. The summed E-state index contributed by atoms with van der Waals surface area (Å²) in [6.45, 7) is 5.06. The van der Waals surface area contributed by atoms with E-state index in [0.29, 0.717) is 22.6 Å². The molecular formula is C13H13FN2O2S. The summed E-state index contributed by atoms with van der Waals surface area (Å²) < 4.78 is 20.7. The van der Waals surface area contributed by atoms with Crippen molar-refractivity contribution in [2.75, 3.05) is 0 Å². The van der Waals surface area contributed by atoms with Crippen LogP contribution in [-0.2, 0) is 0 Å². The average Bonchev–Trinajstić information content (AvgIpc) is 2.70. The zero-order valence-corrected chi connectivity index (χ0v) is 11.6. The maximum absolute atomic E-state index is 13.1. The number of amides is 1. The van der Waals surface area contributed by atoms with Crippen LogP contribution in [0.2, 0.25) is 0 Å². The van der Waals surface area contributed by atoms with Crippen molar-refractivity contribution in [3.63, 3.8) is 0 Å². The summed E-state index contributed by atoms with van der Waals surface area (Å²) >= 11 is 1.13. The van der Waals surface area contributed by atoms with Crippen molar-refractivity contribution in [2.45, 2.75) is 25.7 Å². The van der Waals surface area contributed by atoms with Gasteiger partial charge in [0, 0.05) is 4.90 Å². The molecule has 0 bridgehead atoms. The lowest BCUT2D eigenvalue weighted by Gasteiger charge is -2.05. The molecule has 0 radical (unpaired) electrons. The first-order chi connectivity index (χ1) is 8.99. The molecule has 1 amide bonds. The number of nitrogens with one attached hydrogen (secondary N) is 1. The summed E-state index contributed by atoms with van der Waals surface area (Å²) in [7, 11) is 0. The normalized spacial score (nSPS) is 10.5. The Kier molecular flexibility index (Phi) is 3.90. The number of carbonyl (C=O) groups excluding carboxylic acids is 1. The molecule has 0 atom stereocenters. The summed E-state index contributed by atoms with van der Waals surface area (Å²) in [5, 5.41) is 3.72. The molecule has 1 heterocycles. The molecule has 2 aromatic rings. The van der Waals surface area contributed by atoms with Crippen LogP contribution in [0.1, 0.15) is 27.4 Å². The third-order valence-corrected chi connectivity index (χ3v) is 3.43. The second-order valence-corrected chi connectivity index (χ2v) is 5.02. The maximum Gasteiger partial charge on any atom is 0.266 e. The maximum atomic E-state index is 13.1. The predicted molar refractivity (Wildman–Crippen MR) is 70.4 cm³/mol. The Labute approximate surface area is 114 Å². The highest BCUT2D eigenvalue weighted by Gasteiger charge is 2.17. The molecular weight excluding hydrogens is 267 g/mol. The molecule has 100 valence electrons. The number of aromatic nitrogens is 1. The van der Waals surface area contributed by atoms with E-state index in [1.807, 2.05) is 0 Å². The molecule has 1 aromatic carbocycles. The zero-order valence-electron chi connectivity index (χ0n) is 10.8. The zero-order chi connectivity index (χ0) is 14.0. The van der Waals surface area contributed by atoms with Gasteiger partial charge in [0.05, 0.1) is 5.69 Å². The van der Waals surface area contributed by atoms with Gasteiger partial charge in [-0.15, -0.1) is 0 Å². The van der Waals surface area contributed by atoms with Crippen LogP contribution in [0.4, 0.5) is 4.39 Å². The minimum Gasteiger partial charge on any atom is -0.361 e. The van der Waals surface area contributed by atoms with Crippen molar-refractivity contribution in [1.82, 2.24) is 9.88 Å². The molecule has 2 rings (SSSR count). The Morgan fingerprint density at radius 3 is 2.68 bits per heavy atom. The highest BCUT2D eigenvalue weighted by atomic mass is 32.2. The van der Waals surface area contributed by atoms with Crippen molar-refractivity contribution in [1.29, 1.82) is 0 Å². The Morgan fingerprint density at radius 2 is 2.11 bits per heavy atom. The predicted octanol–water partition coefficient (Wildman–Crippen LogP) is 3.18.